The zero-order valence-electron chi connectivity index (χ0n) is 12.4. The SMILES string of the molecule is COc1cc(F)c2c(c1)C(C#N)N(CCCN(C)C)C2=O. The van der Waals surface area contributed by atoms with E-state index in [-0.39, 0.29) is 5.56 Å². The minimum absolute atomic E-state index is 0.00722. The first-order valence-corrected chi connectivity index (χ1v) is 6.72. The predicted molar refractivity (Wildman–Crippen MR) is 75.5 cm³/mol. The number of ether oxygens (including phenoxy) is 1. The molecule has 1 unspecified atom stereocenters. The lowest BCUT2D eigenvalue weighted by molar-refractivity contribution is 0.0749. The summed E-state index contributed by atoms with van der Waals surface area (Å²) in [5.41, 5.74) is 0.386. The van der Waals surface area contributed by atoms with E-state index in [1.165, 1.54) is 18.1 Å². The normalized spacial score (nSPS) is 17.0. The molecule has 5 nitrogen and oxygen atoms in total. The number of amides is 1. The highest BCUT2D eigenvalue weighted by Crippen LogP contribution is 2.37. The Labute approximate surface area is 123 Å². The number of nitriles is 1. The number of carbonyl (C=O) groups excluding carboxylic acids is 1. The summed E-state index contributed by atoms with van der Waals surface area (Å²) in [7, 11) is 5.30. The fourth-order valence-electron chi connectivity index (χ4n) is 2.52. The second-order valence-electron chi connectivity index (χ2n) is 5.26. The Bertz CT molecular complexity index is 595. The van der Waals surface area contributed by atoms with Gasteiger partial charge in [-0.15, -0.1) is 0 Å². The fourth-order valence-corrected chi connectivity index (χ4v) is 2.52. The molecular formula is C15H18FN3O2. The number of hydrogen-bond acceptors (Lipinski definition) is 4. The summed E-state index contributed by atoms with van der Waals surface area (Å²) < 4.78 is 19.1. The molecule has 1 amide bonds. The molecule has 0 aliphatic carbocycles. The average Bonchev–Trinajstić information content (AvgIpc) is 2.71. The average molecular weight is 291 g/mol. The van der Waals surface area contributed by atoms with Crippen molar-refractivity contribution in [2.24, 2.45) is 0 Å². The Kier molecular flexibility index (Phi) is 4.43. The van der Waals surface area contributed by atoms with Crippen molar-refractivity contribution in [3.8, 4) is 11.8 Å². The van der Waals surface area contributed by atoms with Crippen LogP contribution in [-0.4, -0.2) is 50.0 Å². The Morgan fingerprint density at radius 2 is 2.19 bits per heavy atom. The fraction of sp³-hybridized carbons (Fsp3) is 0.467. The van der Waals surface area contributed by atoms with Crippen molar-refractivity contribution < 1.29 is 13.9 Å². The highest BCUT2D eigenvalue weighted by molar-refractivity contribution is 6.00. The van der Waals surface area contributed by atoms with Gasteiger partial charge >= 0.3 is 0 Å². The molecule has 0 radical (unpaired) electrons. The van der Waals surface area contributed by atoms with E-state index in [1.54, 1.807) is 6.07 Å². The number of methoxy groups -OCH3 is 1. The highest BCUT2D eigenvalue weighted by atomic mass is 19.1. The van der Waals surface area contributed by atoms with Crippen molar-refractivity contribution in [1.29, 1.82) is 5.26 Å². The Morgan fingerprint density at radius 3 is 2.76 bits per heavy atom. The molecule has 0 saturated heterocycles. The lowest BCUT2D eigenvalue weighted by Gasteiger charge is -2.21. The van der Waals surface area contributed by atoms with Gasteiger partial charge in [0.05, 0.1) is 18.7 Å². The molecule has 1 aliphatic heterocycles. The van der Waals surface area contributed by atoms with Crippen molar-refractivity contribution in [2.75, 3.05) is 34.3 Å². The van der Waals surface area contributed by atoms with Crippen LogP contribution in [0.3, 0.4) is 0 Å². The zero-order chi connectivity index (χ0) is 15.6. The van der Waals surface area contributed by atoms with Crippen LogP contribution in [0.5, 0.6) is 5.75 Å². The van der Waals surface area contributed by atoms with Gasteiger partial charge in [-0.3, -0.25) is 4.79 Å². The number of benzene rings is 1. The van der Waals surface area contributed by atoms with Crippen LogP contribution in [0.2, 0.25) is 0 Å². The maximum absolute atomic E-state index is 14.1. The third kappa shape index (κ3) is 2.83. The Morgan fingerprint density at radius 1 is 1.48 bits per heavy atom. The van der Waals surface area contributed by atoms with Gasteiger partial charge < -0.3 is 14.5 Å². The number of fused-ring (bicyclic) bond motifs is 1. The van der Waals surface area contributed by atoms with Crippen molar-refractivity contribution in [1.82, 2.24) is 9.80 Å². The van der Waals surface area contributed by atoms with E-state index in [1.807, 2.05) is 19.0 Å². The van der Waals surface area contributed by atoms with Crippen LogP contribution in [-0.2, 0) is 0 Å². The quantitative estimate of drug-likeness (QED) is 0.830. The summed E-state index contributed by atoms with van der Waals surface area (Å²) in [6, 6.07) is 4.08. The zero-order valence-corrected chi connectivity index (χ0v) is 12.4. The van der Waals surface area contributed by atoms with Gasteiger partial charge in [0.15, 0.2) is 0 Å². The summed E-state index contributed by atoms with van der Waals surface area (Å²) >= 11 is 0. The molecule has 21 heavy (non-hydrogen) atoms. The monoisotopic (exact) mass is 291 g/mol. The van der Waals surface area contributed by atoms with Gasteiger partial charge in [0, 0.05) is 18.2 Å². The highest BCUT2D eigenvalue weighted by Gasteiger charge is 2.39. The van der Waals surface area contributed by atoms with E-state index in [0.29, 0.717) is 17.9 Å². The molecule has 0 bridgehead atoms. The van der Waals surface area contributed by atoms with Gasteiger partial charge in [0.25, 0.3) is 5.91 Å². The first kappa shape index (κ1) is 15.3. The molecule has 0 N–H and O–H groups in total. The van der Waals surface area contributed by atoms with Crippen LogP contribution in [0, 0.1) is 17.1 Å². The minimum atomic E-state index is -0.751. The third-order valence-corrected chi connectivity index (χ3v) is 3.54. The smallest absolute Gasteiger partial charge is 0.258 e. The molecule has 0 fully saturated rings. The molecule has 0 aromatic heterocycles. The second kappa shape index (κ2) is 6.10. The standard InChI is InChI=1S/C15H18FN3O2/c1-18(2)5-4-6-19-13(9-17)11-7-10(21-3)8-12(16)14(11)15(19)20/h7-8,13H,4-6H2,1-3H3. The summed E-state index contributed by atoms with van der Waals surface area (Å²) in [4.78, 5) is 15.8. The number of rotatable bonds is 5. The van der Waals surface area contributed by atoms with Crippen LogP contribution in [0.1, 0.15) is 28.4 Å². The lowest BCUT2D eigenvalue weighted by atomic mass is 10.0. The largest absolute Gasteiger partial charge is 0.497 e. The summed E-state index contributed by atoms with van der Waals surface area (Å²) in [5, 5.41) is 9.35. The molecule has 1 aromatic rings. The maximum atomic E-state index is 14.1. The molecule has 112 valence electrons. The summed E-state index contributed by atoms with van der Waals surface area (Å²) in [6.45, 7) is 1.22. The Hall–Kier alpha value is -2.13. The topological polar surface area (TPSA) is 56.6 Å². The number of nitrogens with zero attached hydrogens (tertiary/aromatic N) is 3. The molecule has 0 saturated carbocycles. The Balaban J connectivity index is 2.30. The van der Waals surface area contributed by atoms with Crippen LogP contribution >= 0.6 is 0 Å². The second-order valence-corrected chi connectivity index (χ2v) is 5.26. The van der Waals surface area contributed by atoms with Gasteiger partial charge in [-0.05, 0) is 33.1 Å². The minimum Gasteiger partial charge on any atom is -0.497 e. The molecule has 1 aliphatic rings. The van der Waals surface area contributed by atoms with Crippen molar-refractivity contribution >= 4 is 5.91 Å². The molecule has 1 aromatic carbocycles. The van der Waals surface area contributed by atoms with Crippen LogP contribution in [0.25, 0.3) is 0 Å². The van der Waals surface area contributed by atoms with E-state index >= 15 is 0 Å². The van der Waals surface area contributed by atoms with Gasteiger partial charge in [0.2, 0.25) is 0 Å². The molecule has 2 rings (SSSR count). The van der Waals surface area contributed by atoms with Crippen molar-refractivity contribution in [3.05, 3.63) is 29.1 Å². The number of carbonyl (C=O) groups is 1. The van der Waals surface area contributed by atoms with E-state index in [2.05, 4.69) is 6.07 Å². The summed E-state index contributed by atoms with van der Waals surface area (Å²) in [5.74, 6) is -0.741. The van der Waals surface area contributed by atoms with Crippen molar-refractivity contribution in [3.63, 3.8) is 0 Å². The lowest BCUT2D eigenvalue weighted by Crippen LogP contribution is -2.30. The third-order valence-electron chi connectivity index (χ3n) is 3.54. The van der Waals surface area contributed by atoms with Crippen LogP contribution in [0.15, 0.2) is 12.1 Å². The van der Waals surface area contributed by atoms with Gasteiger partial charge in [-0.2, -0.15) is 5.26 Å². The molecular weight excluding hydrogens is 273 g/mol. The first-order chi connectivity index (χ1) is 9.99. The molecule has 6 heteroatoms. The van der Waals surface area contributed by atoms with E-state index < -0.39 is 17.8 Å². The van der Waals surface area contributed by atoms with Gasteiger partial charge in [-0.25, -0.2) is 4.39 Å². The van der Waals surface area contributed by atoms with Crippen LogP contribution in [0.4, 0.5) is 4.39 Å². The molecule has 1 heterocycles. The van der Waals surface area contributed by atoms with Gasteiger partial charge in [0.1, 0.15) is 17.6 Å². The van der Waals surface area contributed by atoms with Crippen molar-refractivity contribution in [2.45, 2.75) is 12.5 Å². The number of hydrogen-bond donors (Lipinski definition) is 0. The van der Waals surface area contributed by atoms with E-state index in [9.17, 15) is 14.4 Å². The molecule has 1 atom stereocenters. The molecule has 0 spiro atoms. The number of halogens is 1. The van der Waals surface area contributed by atoms with E-state index in [4.69, 9.17) is 4.74 Å². The maximum Gasteiger partial charge on any atom is 0.258 e. The van der Waals surface area contributed by atoms with Gasteiger partial charge in [-0.1, -0.05) is 0 Å². The summed E-state index contributed by atoms with van der Waals surface area (Å²) in [6.07, 6.45) is 0.726. The van der Waals surface area contributed by atoms with E-state index in [0.717, 1.165) is 13.0 Å². The van der Waals surface area contributed by atoms with Crippen LogP contribution < -0.4 is 4.74 Å². The predicted octanol–water partition coefficient (Wildman–Crippen LogP) is 1.81. The first-order valence-electron chi connectivity index (χ1n) is 6.72.